The fraction of sp³-hybridized carbons (Fsp3) is 0.259. The van der Waals surface area contributed by atoms with E-state index in [1.54, 1.807) is 13.2 Å². The molecule has 176 valence electrons. The number of halogens is 2. The molecule has 3 aromatic carbocycles. The topological polar surface area (TPSA) is 62.1 Å². The number of ether oxygens (including phenoxy) is 1. The monoisotopic (exact) mass is 496 g/mol. The van der Waals surface area contributed by atoms with Crippen molar-refractivity contribution in [1.82, 2.24) is 4.90 Å². The molecule has 0 bridgehead atoms. The maximum atomic E-state index is 11.7. The van der Waals surface area contributed by atoms with Crippen molar-refractivity contribution in [3.05, 3.63) is 99.0 Å². The highest BCUT2D eigenvalue weighted by Gasteiger charge is 2.39. The van der Waals surface area contributed by atoms with Crippen LogP contribution in [0.3, 0.4) is 0 Å². The number of nitrogens with zero attached hydrogens (tertiary/aromatic N) is 2. The van der Waals surface area contributed by atoms with Crippen LogP contribution < -0.4 is 4.74 Å². The Labute approximate surface area is 209 Å². The molecule has 1 aliphatic heterocycles. The Hall–Kier alpha value is -2.86. The van der Waals surface area contributed by atoms with Gasteiger partial charge in [0.2, 0.25) is 0 Å². The molecule has 0 fully saturated rings. The molecule has 34 heavy (non-hydrogen) atoms. The minimum atomic E-state index is -0.240. The van der Waals surface area contributed by atoms with E-state index in [0.717, 1.165) is 34.4 Å². The molecule has 4 rings (SSSR count). The molecule has 3 aromatic rings. The van der Waals surface area contributed by atoms with E-state index in [1.165, 1.54) is 0 Å². The Morgan fingerprint density at radius 3 is 2.21 bits per heavy atom. The van der Waals surface area contributed by atoms with Crippen LogP contribution in [0.1, 0.15) is 41.3 Å². The summed E-state index contributed by atoms with van der Waals surface area (Å²) in [6.45, 7) is 2.25. The highest BCUT2D eigenvalue weighted by atomic mass is 35.5. The van der Waals surface area contributed by atoms with Crippen LogP contribution in [0, 0.1) is 5.92 Å². The summed E-state index contributed by atoms with van der Waals surface area (Å²) in [5.41, 5.74) is 3.58. The van der Waals surface area contributed by atoms with Crippen LogP contribution >= 0.6 is 23.2 Å². The van der Waals surface area contributed by atoms with E-state index in [2.05, 4.69) is 4.90 Å². The van der Waals surface area contributed by atoms with Gasteiger partial charge in [-0.3, -0.25) is 4.99 Å². The number of carbonyl (C=O) groups excluding carboxylic acids is 1. The Morgan fingerprint density at radius 2 is 1.65 bits per heavy atom. The normalized spacial score (nSPS) is 18.5. The molecule has 3 atom stereocenters. The van der Waals surface area contributed by atoms with Gasteiger partial charge in [0.1, 0.15) is 23.9 Å². The Balaban J connectivity index is 1.90. The van der Waals surface area contributed by atoms with E-state index < -0.39 is 0 Å². The van der Waals surface area contributed by atoms with Crippen LogP contribution in [0.15, 0.2) is 71.7 Å². The predicted octanol–water partition coefficient (Wildman–Crippen LogP) is 5.87. The van der Waals surface area contributed by atoms with E-state index in [4.69, 9.17) is 32.9 Å². The summed E-state index contributed by atoms with van der Waals surface area (Å²) in [7, 11) is 1.59. The molecule has 0 saturated heterocycles. The number of aliphatic hydroxyl groups is 1. The van der Waals surface area contributed by atoms with Crippen molar-refractivity contribution in [2.24, 2.45) is 10.9 Å². The molecule has 3 unspecified atom stereocenters. The number of hydrogen-bond donors (Lipinski definition) is 1. The number of methoxy groups -OCH3 is 1. The minimum Gasteiger partial charge on any atom is -0.497 e. The minimum absolute atomic E-state index is 0.122. The molecular formula is C27H26Cl2N2O3. The summed E-state index contributed by atoms with van der Waals surface area (Å²) in [6, 6.07) is 20.6. The van der Waals surface area contributed by atoms with Crippen molar-refractivity contribution >= 4 is 35.3 Å². The quantitative estimate of drug-likeness (QED) is 0.395. The van der Waals surface area contributed by atoms with Crippen molar-refractivity contribution in [2.45, 2.75) is 25.6 Å². The standard InChI is InChI=1S/C27H26Cl2N2O3/c1-17(15-32)14-31-26(20-5-9-23(29)10-6-20)25(19-3-7-22(28)8-4-19)30-27(31)21-11-18(16-33)12-24(13-21)34-2/h3-13,15,17,25-26,33H,14,16H2,1-2H3. The number of aldehydes is 1. The van der Waals surface area contributed by atoms with Crippen LogP contribution in [0.25, 0.3) is 0 Å². The van der Waals surface area contributed by atoms with Crippen LogP contribution in [0.4, 0.5) is 0 Å². The Morgan fingerprint density at radius 1 is 1.03 bits per heavy atom. The fourth-order valence-electron chi connectivity index (χ4n) is 4.31. The molecule has 0 radical (unpaired) electrons. The van der Waals surface area contributed by atoms with Gasteiger partial charge in [-0.2, -0.15) is 0 Å². The smallest absolute Gasteiger partial charge is 0.132 e. The average Bonchev–Trinajstić information content (AvgIpc) is 3.23. The number of aliphatic imine (C=N–C) groups is 1. The third-order valence-corrected chi connectivity index (χ3v) is 6.46. The maximum absolute atomic E-state index is 11.7. The predicted molar refractivity (Wildman–Crippen MR) is 136 cm³/mol. The lowest BCUT2D eigenvalue weighted by atomic mass is 9.93. The number of aliphatic hydroxyl groups excluding tert-OH is 1. The summed E-state index contributed by atoms with van der Waals surface area (Å²) in [5.74, 6) is 1.15. The van der Waals surface area contributed by atoms with Gasteiger partial charge in [0.05, 0.1) is 19.8 Å². The molecule has 5 nitrogen and oxygen atoms in total. The van der Waals surface area contributed by atoms with Gasteiger partial charge >= 0.3 is 0 Å². The van der Waals surface area contributed by atoms with Crippen LogP contribution in [0.5, 0.6) is 5.75 Å². The second-order valence-corrected chi connectivity index (χ2v) is 9.31. The van der Waals surface area contributed by atoms with Gasteiger partial charge < -0.3 is 19.5 Å². The third-order valence-electron chi connectivity index (χ3n) is 5.95. The third kappa shape index (κ3) is 5.12. The number of rotatable bonds is 8. The van der Waals surface area contributed by atoms with Gasteiger partial charge in [0.15, 0.2) is 0 Å². The first kappa shape index (κ1) is 24.3. The van der Waals surface area contributed by atoms with Gasteiger partial charge in [0.25, 0.3) is 0 Å². The first-order valence-electron chi connectivity index (χ1n) is 11.0. The van der Waals surface area contributed by atoms with Crippen molar-refractivity contribution in [3.63, 3.8) is 0 Å². The first-order valence-corrected chi connectivity index (χ1v) is 11.8. The van der Waals surface area contributed by atoms with Gasteiger partial charge in [-0.05, 0) is 59.2 Å². The zero-order chi connectivity index (χ0) is 24.2. The second kappa shape index (κ2) is 10.6. The van der Waals surface area contributed by atoms with E-state index >= 15 is 0 Å². The maximum Gasteiger partial charge on any atom is 0.132 e. The lowest BCUT2D eigenvalue weighted by Crippen LogP contribution is -2.36. The van der Waals surface area contributed by atoms with Crippen molar-refractivity contribution in [2.75, 3.05) is 13.7 Å². The molecule has 1 N–H and O–H groups in total. The lowest BCUT2D eigenvalue weighted by molar-refractivity contribution is -0.111. The summed E-state index contributed by atoms with van der Waals surface area (Å²) in [5, 5.41) is 11.1. The second-order valence-electron chi connectivity index (χ2n) is 8.44. The number of carbonyl (C=O) groups is 1. The first-order chi connectivity index (χ1) is 16.4. The number of hydrogen-bond acceptors (Lipinski definition) is 5. The van der Waals surface area contributed by atoms with Crippen LogP contribution in [0.2, 0.25) is 10.0 Å². The molecule has 0 amide bonds. The zero-order valence-corrected chi connectivity index (χ0v) is 20.5. The van der Waals surface area contributed by atoms with Crippen LogP contribution in [-0.4, -0.2) is 35.8 Å². The van der Waals surface area contributed by atoms with Crippen molar-refractivity contribution in [1.29, 1.82) is 0 Å². The highest BCUT2D eigenvalue weighted by molar-refractivity contribution is 6.30. The molecular weight excluding hydrogens is 471 g/mol. The highest BCUT2D eigenvalue weighted by Crippen LogP contribution is 2.44. The average molecular weight is 497 g/mol. The van der Waals surface area contributed by atoms with Gasteiger partial charge in [0, 0.05) is 28.1 Å². The van der Waals surface area contributed by atoms with E-state index in [1.807, 2.05) is 67.6 Å². The number of benzene rings is 3. The van der Waals surface area contributed by atoms with Crippen molar-refractivity contribution in [3.8, 4) is 5.75 Å². The summed E-state index contributed by atoms with van der Waals surface area (Å²) < 4.78 is 5.47. The lowest BCUT2D eigenvalue weighted by Gasteiger charge is -2.32. The molecule has 0 aromatic heterocycles. The van der Waals surface area contributed by atoms with E-state index in [0.29, 0.717) is 22.3 Å². The Kier molecular flexibility index (Phi) is 7.57. The number of amidine groups is 1. The summed E-state index contributed by atoms with van der Waals surface area (Å²) in [6.07, 6.45) is 0.955. The Bertz CT molecular complexity index is 1160. The molecule has 1 heterocycles. The molecule has 7 heteroatoms. The van der Waals surface area contributed by atoms with Gasteiger partial charge in [-0.15, -0.1) is 0 Å². The van der Waals surface area contributed by atoms with E-state index in [9.17, 15) is 9.90 Å². The van der Waals surface area contributed by atoms with E-state index in [-0.39, 0.29) is 24.6 Å². The summed E-state index contributed by atoms with van der Waals surface area (Å²) in [4.78, 5) is 19.0. The van der Waals surface area contributed by atoms with Crippen LogP contribution in [-0.2, 0) is 11.4 Å². The zero-order valence-electron chi connectivity index (χ0n) is 19.0. The fourth-order valence-corrected chi connectivity index (χ4v) is 4.56. The SMILES string of the molecule is COc1cc(CO)cc(C2=NC(c3ccc(Cl)cc3)C(c3ccc(Cl)cc3)N2CC(C)C=O)c1. The van der Waals surface area contributed by atoms with Crippen molar-refractivity contribution < 1.29 is 14.6 Å². The molecule has 0 aliphatic carbocycles. The summed E-state index contributed by atoms with van der Waals surface area (Å²) >= 11 is 12.3. The largest absolute Gasteiger partial charge is 0.497 e. The van der Waals surface area contributed by atoms with Gasteiger partial charge in [-0.1, -0.05) is 54.4 Å². The molecule has 1 aliphatic rings. The molecule has 0 spiro atoms. The van der Waals surface area contributed by atoms with Gasteiger partial charge in [-0.25, -0.2) is 0 Å². The molecule has 0 saturated carbocycles.